The van der Waals surface area contributed by atoms with E-state index in [2.05, 4.69) is 0 Å². The topological polar surface area (TPSA) is 68.3 Å². The number of Topliss-reactive ketones (excluding diaryl/α,β-unsaturated/α-hetero) is 1. The summed E-state index contributed by atoms with van der Waals surface area (Å²) < 4.78 is 33.3. The van der Waals surface area contributed by atoms with Crippen LogP contribution in [0.4, 0.5) is 0 Å². The van der Waals surface area contributed by atoms with Gasteiger partial charge in [-0.15, -0.1) is 0 Å². The summed E-state index contributed by atoms with van der Waals surface area (Å²) in [6, 6.07) is 8.78. The van der Waals surface area contributed by atoms with E-state index in [9.17, 15) is 17.4 Å². The molecule has 0 bridgehead atoms. The first-order chi connectivity index (χ1) is 8.38. The Hall–Kier alpha value is -1.01. The number of ketones is 1. The third kappa shape index (κ3) is 6.07. The predicted molar refractivity (Wildman–Crippen MR) is 73.0 cm³/mol. The number of hydrogen-bond donors (Lipinski definition) is 0. The van der Waals surface area contributed by atoms with Gasteiger partial charge in [0.25, 0.3) is 0 Å². The van der Waals surface area contributed by atoms with E-state index in [0.717, 1.165) is 6.26 Å². The number of sulfone groups is 1. The SMILES string of the molecule is CS(=O)(=O)CCS(=O)CCC(=O)c1ccccc1. The number of carbonyl (C=O) groups is 1. The molecule has 0 aliphatic heterocycles. The average Bonchev–Trinajstić information content (AvgIpc) is 2.33. The summed E-state index contributed by atoms with van der Waals surface area (Å²) in [7, 11) is -4.35. The molecule has 0 aliphatic rings. The van der Waals surface area contributed by atoms with Crippen LogP contribution in [0.5, 0.6) is 0 Å². The van der Waals surface area contributed by atoms with Crippen LogP contribution in [-0.2, 0) is 20.6 Å². The first-order valence-corrected chi connectivity index (χ1v) is 9.04. The molecule has 4 nitrogen and oxygen atoms in total. The molecule has 0 fully saturated rings. The highest BCUT2D eigenvalue weighted by Crippen LogP contribution is 2.04. The van der Waals surface area contributed by atoms with E-state index in [1.807, 2.05) is 6.07 Å². The van der Waals surface area contributed by atoms with Crippen LogP contribution in [0.3, 0.4) is 0 Å². The summed E-state index contributed by atoms with van der Waals surface area (Å²) in [6.45, 7) is 0. The molecule has 0 saturated heterocycles. The normalized spacial score (nSPS) is 13.2. The zero-order chi connectivity index (χ0) is 13.6. The Balaban J connectivity index is 2.37. The Bertz CT molecular complexity index is 520. The average molecular weight is 288 g/mol. The van der Waals surface area contributed by atoms with Crippen LogP contribution in [0.2, 0.25) is 0 Å². The van der Waals surface area contributed by atoms with Crippen molar-refractivity contribution in [3.05, 3.63) is 35.9 Å². The van der Waals surface area contributed by atoms with Crippen LogP contribution in [0.1, 0.15) is 16.8 Å². The predicted octanol–water partition coefficient (Wildman–Crippen LogP) is 1.05. The van der Waals surface area contributed by atoms with E-state index in [4.69, 9.17) is 0 Å². The van der Waals surface area contributed by atoms with Gasteiger partial charge in [-0.1, -0.05) is 30.3 Å². The molecule has 1 rings (SSSR count). The molecule has 0 aliphatic carbocycles. The second kappa shape index (κ2) is 6.80. The van der Waals surface area contributed by atoms with Crippen LogP contribution in [0, 0.1) is 0 Å². The highest BCUT2D eigenvalue weighted by molar-refractivity contribution is 7.92. The van der Waals surface area contributed by atoms with Gasteiger partial charge in [-0.05, 0) is 0 Å². The molecule has 18 heavy (non-hydrogen) atoms. The van der Waals surface area contributed by atoms with Crippen molar-refractivity contribution in [1.29, 1.82) is 0 Å². The van der Waals surface area contributed by atoms with Crippen LogP contribution in [0.25, 0.3) is 0 Å². The number of benzene rings is 1. The zero-order valence-electron chi connectivity index (χ0n) is 10.2. The van der Waals surface area contributed by atoms with Gasteiger partial charge in [0.1, 0.15) is 9.84 Å². The second-order valence-electron chi connectivity index (χ2n) is 4.02. The number of hydrogen-bond acceptors (Lipinski definition) is 4. The lowest BCUT2D eigenvalue weighted by atomic mass is 10.1. The number of rotatable bonds is 7. The summed E-state index contributed by atoms with van der Waals surface area (Å²) in [5, 5.41) is 0. The molecule has 1 unspecified atom stereocenters. The first-order valence-electron chi connectivity index (χ1n) is 5.49. The summed E-state index contributed by atoms with van der Waals surface area (Å²) in [6.07, 6.45) is 1.29. The van der Waals surface area contributed by atoms with E-state index in [-0.39, 0.29) is 29.5 Å². The van der Waals surface area contributed by atoms with E-state index in [0.29, 0.717) is 5.56 Å². The maximum Gasteiger partial charge on any atom is 0.163 e. The third-order valence-electron chi connectivity index (χ3n) is 2.33. The maximum atomic E-state index is 11.7. The largest absolute Gasteiger partial charge is 0.294 e. The standard InChI is InChI=1S/C12H16O4S2/c1-18(15,16)10-9-17(14)8-7-12(13)11-5-3-2-4-6-11/h2-6H,7-10H2,1H3. The first kappa shape index (κ1) is 15.0. The quantitative estimate of drug-likeness (QED) is 0.703. The summed E-state index contributed by atoms with van der Waals surface area (Å²) in [4.78, 5) is 11.7. The van der Waals surface area contributed by atoms with Crippen LogP contribution in [-0.4, -0.2) is 41.9 Å². The highest BCUT2D eigenvalue weighted by atomic mass is 32.2. The molecular formula is C12H16O4S2. The lowest BCUT2D eigenvalue weighted by molar-refractivity contribution is 0.0989. The van der Waals surface area contributed by atoms with Crippen molar-refractivity contribution in [2.75, 3.05) is 23.5 Å². The molecule has 0 amide bonds. The van der Waals surface area contributed by atoms with E-state index in [1.165, 1.54) is 0 Å². The van der Waals surface area contributed by atoms with Gasteiger partial charge in [0.2, 0.25) is 0 Å². The Morgan fingerprint density at radius 3 is 2.33 bits per heavy atom. The van der Waals surface area contributed by atoms with Gasteiger partial charge in [-0.25, -0.2) is 8.42 Å². The van der Waals surface area contributed by atoms with Crippen molar-refractivity contribution in [2.24, 2.45) is 0 Å². The molecule has 1 atom stereocenters. The molecule has 0 radical (unpaired) electrons. The third-order valence-corrected chi connectivity index (χ3v) is 4.86. The fraction of sp³-hybridized carbons (Fsp3) is 0.417. The van der Waals surface area contributed by atoms with Crippen molar-refractivity contribution in [3.63, 3.8) is 0 Å². The number of carbonyl (C=O) groups excluding carboxylic acids is 1. The molecule has 0 N–H and O–H groups in total. The van der Waals surface area contributed by atoms with E-state index in [1.54, 1.807) is 24.3 Å². The molecule has 100 valence electrons. The Morgan fingerprint density at radius 1 is 1.17 bits per heavy atom. The molecule has 0 spiro atoms. The van der Waals surface area contributed by atoms with Crippen molar-refractivity contribution in [2.45, 2.75) is 6.42 Å². The van der Waals surface area contributed by atoms with Gasteiger partial charge in [0.15, 0.2) is 5.78 Å². The van der Waals surface area contributed by atoms with Crippen LogP contribution < -0.4 is 0 Å². The summed E-state index contributed by atoms with van der Waals surface area (Å²) in [5.74, 6) is 0.145. The van der Waals surface area contributed by atoms with Crippen molar-refractivity contribution in [3.8, 4) is 0 Å². The minimum atomic E-state index is -3.09. The van der Waals surface area contributed by atoms with Crippen LogP contribution in [0.15, 0.2) is 30.3 Å². The van der Waals surface area contributed by atoms with E-state index >= 15 is 0 Å². The molecule has 0 aromatic heterocycles. The molecule has 1 aromatic rings. The minimum absolute atomic E-state index is 0.0664. The van der Waals surface area contributed by atoms with Crippen molar-refractivity contribution in [1.82, 2.24) is 0 Å². The zero-order valence-corrected chi connectivity index (χ0v) is 11.8. The molecule has 6 heteroatoms. The van der Waals surface area contributed by atoms with Crippen molar-refractivity contribution >= 4 is 26.4 Å². The molecule has 0 saturated carbocycles. The monoisotopic (exact) mass is 288 g/mol. The van der Waals surface area contributed by atoms with Gasteiger partial charge in [0, 0.05) is 40.5 Å². The Morgan fingerprint density at radius 2 is 1.78 bits per heavy atom. The Labute approximate surface area is 110 Å². The lowest BCUT2D eigenvalue weighted by Gasteiger charge is -2.02. The Kier molecular flexibility index (Phi) is 5.68. The molecular weight excluding hydrogens is 272 g/mol. The van der Waals surface area contributed by atoms with Gasteiger partial charge in [-0.3, -0.25) is 9.00 Å². The lowest BCUT2D eigenvalue weighted by Crippen LogP contribution is -2.15. The van der Waals surface area contributed by atoms with Gasteiger partial charge >= 0.3 is 0 Å². The molecule has 0 heterocycles. The molecule has 1 aromatic carbocycles. The van der Waals surface area contributed by atoms with Crippen molar-refractivity contribution < 1.29 is 17.4 Å². The van der Waals surface area contributed by atoms with Gasteiger partial charge in [0.05, 0.1) is 5.75 Å². The second-order valence-corrected chi connectivity index (χ2v) is 7.97. The van der Waals surface area contributed by atoms with Gasteiger partial charge < -0.3 is 0 Å². The minimum Gasteiger partial charge on any atom is -0.294 e. The van der Waals surface area contributed by atoms with Gasteiger partial charge in [-0.2, -0.15) is 0 Å². The maximum absolute atomic E-state index is 11.7. The van der Waals surface area contributed by atoms with E-state index < -0.39 is 20.6 Å². The van der Waals surface area contributed by atoms with Crippen LogP contribution >= 0.6 is 0 Å². The fourth-order valence-electron chi connectivity index (χ4n) is 1.32. The fourth-order valence-corrected chi connectivity index (χ4v) is 3.89. The summed E-state index contributed by atoms with van der Waals surface area (Å²) >= 11 is 0. The summed E-state index contributed by atoms with van der Waals surface area (Å²) in [5.41, 5.74) is 0.595. The smallest absolute Gasteiger partial charge is 0.163 e. The highest BCUT2D eigenvalue weighted by Gasteiger charge is 2.10.